The summed E-state index contributed by atoms with van der Waals surface area (Å²) in [5.74, 6) is 0.915. The highest BCUT2D eigenvalue weighted by Gasteiger charge is 2.29. The topological polar surface area (TPSA) is 61.9 Å². The first-order valence-electron chi connectivity index (χ1n) is 5.66. The van der Waals surface area contributed by atoms with Gasteiger partial charge in [0.25, 0.3) is 5.91 Å². The second-order valence-electron chi connectivity index (χ2n) is 5.20. The summed E-state index contributed by atoms with van der Waals surface area (Å²) in [5, 5.41) is 6.60. The Bertz CT molecular complexity index is 386. The number of H-pyrrole nitrogens is 1. The molecule has 88 valence electrons. The zero-order chi connectivity index (χ0) is 11.8. The summed E-state index contributed by atoms with van der Waals surface area (Å²) >= 11 is 0. The Morgan fingerprint density at radius 3 is 2.50 bits per heavy atom. The Balaban J connectivity index is 2.02. The summed E-state index contributed by atoms with van der Waals surface area (Å²) in [6.07, 6.45) is 2.09. The first-order valence-corrected chi connectivity index (χ1v) is 5.66. The van der Waals surface area contributed by atoms with E-state index in [0.29, 0.717) is 11.2 Å². The lowest BCUT2D eigenvalue weighted by Crippen LogP contribution is -2.41. The Kier molecular flexibility index (Phi) is 2.69. The SMILES string of the molecule is Cc1nc(C(=O)N2CCC(C)(C)CC2)n[nH]1. The third-order valence-corrected chi connectivity index (χ3v) is 3.19. The van der Waals surface area contributed by atoms with E-state index >= 15 is 0 Å². The van der Waals surface area contributed by atoms with Crippen molar-refractivity contribution in [1.29, 1.82) is 0 Å². The third kappa shape index (κ3) is 2.23. The molecule has 0 bridgehead atoms. The number of aromatic amines is 1. The van der Waals surface area contributed by atoms with Gasteiger partial charge in [0, 0.05) is 13.1 Å². The quantitative estimate of drug-likeness (QED) is 0.780. The van der Waals surface area contributed by atoms with Crippen LogP contribution in [-0.4, -0.2) is 39.1 Å². The number of aryl methyl sites for hydroxylation is 1. The molecule has 5 nitrogen and oxygen atoms in total. The maximum atomic E-state index is 12.0. The van der Waals surface area contributed by atoms with E-state index in [0.717, 1.165) is 25.9 Å². The molecule has 0 unspecified atom stereocenters. The minimum absolute atomic E-state index is 0.0557. The van der Waals surface area contributed by atoms with Gasteiger partial charge in [0.05, 0.1) is 0 Å². The third-order valence-electron chi connectivity index (χ3n) is 3.19. The largest absolute Gasteiger partial charge is 0.336 e. The maximum Gasteiger partial charge on any atom is 0.293 e. The molecular formula is C11H18N4O. The van der Waals surface area contributed by atoms with Gasteiger partial charge in [0.2, 0.25) is 5.82 Å². The van der Waals surface area contributed by atoms with E-state index in [4.69, 9.17) is 0 Å². The average molecular weight is 222 g/mol. The molecule has 16 heavy (non-hydrogen) atoms. The van der Waals surface area contributed by atoms with E-state index in [2.05, 4.69) is 29.0 Å². The van der Waals surface area contributed by atoms with Crippen LogP contribution in [0.5, 0.6) is 0 Å². The van der Waals surface area contributed by atoms with Crippen molar-refractivity contribution in [2.75, 3.05) is 13.1 Å². The molecule has 1 aliphatic heterocycles. The number of aromatic nitrogens is 3. The summed E-state index contributed by atoms with van der Waals surface area (Å²) in [7, 11) is 0. The number of carbonyl (C=O) groups excluding carboxylic acids is 1. The molecule has 1 N–H and O–H groups in total. The number of carbonyl (C=O) groups is 1. The van der Waals surface area contributed by atoms with Crippen LogP contribution in [0.4, 0.5) is 0 Å². The molecule has 0 spiro atoms. The molecule has 5 heteroatoms. The van der Waals surface area contributed by atoms with E-state index in [-0.39, 0.29) is 11.7 Å². The molecule has 1 aromatic rings. The van der Waals surface area contributed by atoms with Crippen LogP contribution in [0.1, 0.15) is 43.1 Å². The van der Waals surface area contributed by atoms with Crippen molar-refractivity contribution < 1.29 is 4.79 Å². The van der Waals surface area contributed by atoms with E-state index < -0.39 is 0 Å². The van der Waals surface area contributed by atoms with Crippen LogP contribution in [0, 0.1) is 12.3 Å². The molecule has 0 aromatic carbocycles. The van der Waals surface area contributed by atoms with E-state index in [1.807, 2.05) is 4.90 Å². The van der Waals surface area contributed by atoms with Gasteiger partial charge < -0.3 is 4.90 Å². The van der Waals surface area contributed by atoms with Gasteiger partial charge >= 0.3 is 0 Å². The summed E-state index contributed by atoms with van der Waals surface area (Å²) in [5.41, 5.74) is 0.353. The van der Waals surface area contributed by atoms with Crippen LogP contribution in [0.3, 0.4) is 0 Å². The van der Waals surface area contributed by atoms with Crippen molar-refractivity contribution in [3.05, 3.63) is 11.6 Å². The van der Waals surface area contributed by atoms with Crippen molar-refractivity contribution in [3.8, 4) is 0 Å². The van der Waals surface area contributed by atoms with Gasteiger partial charge in [-0.25, -0.2) is 4.98 Å². The van der Waals surface area contributed by atoms with Gasteiger partial charge in [-0.15, -0.1) is 5.10 Å². The van der Waals surface area contributed by atoms with Gasteiger partial charge in [-0.05, 0) is 25.2 Å². The minimum Gasteiger partial charge on any atom is -0.336 e. The Morgan fingerprint density at radius 1 is 1.38 bits per heavy atom. The Hall–Kier alpha value is -1.39. The highest BCUT2D eigenvalue weighted by Crippen LogP contribution is 2.29. The monoisotopic (exact) mass is 222 g/mol. The smallest absolute Gasteiger partial charge is 0.293 e. The predicted molar refractivity (Wildman–Crippen MR) is 60.0 cm³/mol. The van der Waals surface area contributed by atoms with Crippen LogP contribution in [0.25, 0.3) is 0 Å². The highest BCUT2D eigenvalue weighted by atomic mass is 16.2. The number of rotatable bonds is 1. The first kappa shape index (κ1) is 11.1. The van der Waals surface area contributed by atoms with Gasteiger partial charge in [-0.2, -0.15) is 0 Å². The van der Waals surface area contributed by atoms with Crippen LogP contribution in [-0.2, 0) is 0 Å². The fraction of sp³-hybridized carbons (Fsp3) is 0.727. The summed E-state index contributed by atoms with van der Waals surface area (Å²) in [6.45, 7) is 7.89. The van der Waals surface area contributed by atoms with Gasteiger partial charge in [-0.1, -0.05) is 13.8 Å². The summed E-state index contributed by atoms with van der Waals surface area (Å²) in [6, 6.07) is 0. The molecule has 2 rings (SSSR count). The lowest BCUT2D eigenvalue weighted by Gasteiger charge is -2.36. The van der Waals surface area contributed by atoms with E-state index in [1.165, 1.54) is 0 Å². The van der Waals surface area contributed by atoms with Crippen LogP contribution in [0.15, 0.2) is 0 Å². The zero-order valence-electron chi connectivity index (χ0n) is 10.1. The molecule has 0 radical (unpaired) electrons. The fourth-order valence-electron chi connectivity index (χ4n) is 1.89. The summed E-state index contributed by atoms with van der Waals surface area (Å²) < 4.78 is 0. The fourth-order valence-corrected chi connectivity index (χ4v) is 1.89. The van der Waals surface area contributed by atoms with Gasteiger partial charge in [0.15, 0.2) is 0 Å². The number of hydrogen-bond donors (Lipinski definition) is 1. The number of amides is 1. The number of likely N-dealkylation sites (tertiary alicyclic amines) is 1. The zero-order valence-corrected chi connectivity index (χ0v) is 10.1. The predicted octanol–water partition coefficient (Wildman–Crippen LogP) is 1.38. The Labute approximate surface area is 95.2 Å². The average Bonchev–Trinajstić information content (AvgIpc) is 2.64. The molecule has 1 saturated heterocycles. The summed E-state index contributed by atoms with van der Waals surface area (Å²) in [4.78, 5) is 17.9. The second-order valence-corrected chi connectivity index (χ2v) is 5.20. The molecule has 1 aliphatic rings. The van der Waals surface area contributed by atoms with E-state index in [9.17, 15) is 4.79 Å². The number of nitrogens with zero attached hydrogens (tertiary/aromatic N) is 3. The van der Waals surface area contributed by atoms with Crippen molar-refractivity contribution in [2.24, 2.45) is 5.41 Å². The molecule has 1 amide bonds. The van der Waals surface area contributed by atoms with Crippen LogP contribution < -0.4 is 0 Å². The van der Waals surface area contributed by atoms with Crippen LogP contribution in [0.2, 0.25) is 0 Å². The van der Waals surface area contributed by atoms with Gasteiger partial charge in [0.1, 0.15) is 5.82 Å². The standard InChI is InChI=1S/C11H18N4O/c1-8-12-9(14-13-8)10(16)15-6-4-11(2,3)5-7-15/h4-7H2,1-3H3,(H,12,13,14). The molecule has 1 fully saturated rings. The number of hydrogen-bond acceptors (Lipinski definition) is 3. The normalized spacial score (nSPS) is 19.8. The minimum atomic E-state index is -0.0557. The second kappa shape index (κ2) is 3.88. The van der Waals surface area contributed by atoms with Crippen molar-refractivity contribution in [3.63, 3.8) is 0 Å². The molecular weight excluding hydrogens is 204 g/mol. The molecule has 0 atom stereocenters. The number of nitrogens with one attached hydrogen (secondary N) is 1. The maximum absolute atomic E-state index is 12.0. The highest BCUT2D eigenvalue weighted by molar-refractivity contribution is 5.90. The molecule has 2 heterocycles. The molecule has 1 aromatic heterocycles. The van der Waals surface area contributed by atoms with Gasteiger partial charge in [-0.3, -0.25) is 9.89 Å². The van der Waals surface area contributed by atoms with Crippen LogP contribution >= 0.6 is 0 Å². The number of piperidine rings is 1. The first-order chi connectivity index (χ1) is 7.48. The van der Waals surface area contributed by atoms with E-state index in [1.54, 1.807) is 6.92 Å². The van der Waals surface area contributed by atoms with Crippen molar-refractivity contribution in [2.45, 2.75) is 33.6 Å². The lowest BCUT2D eigenvalue weighted by molar-refractivity contribution is 0.0618. The lowest BCUT2D eigenvalue weighted by atomic mass is 9.83. The molecule has 0 aliphatic carbocycles. The van der Waals surface area contributed by atoms with Crippen molar-refractivity contribution >= 4 is 5.91 Å². The Morgan fingerprint density at radius 2 is 2.00 bits per heavy atom. The van der Waals surface area contributed by atoms with Crippen molar-refractivity contribution in [1.82, 2.24) is 20.1 Å². The molecule has 0 saturated carbocycles.